The molecule has 0 unspecified atom stereocenters. The second-order valence-corrected chi connectivity index (χ2v) is 5.06. The molecule has 18 heavy (non-hydrogen) atoms. The van der Waals surface area contributed by atoms with Crippen molar-refractivity contribution in [3.8, 4) is 0 Å². The lowest BCUT2D eigenvalue weighted by Crippen LogP contribution is -1.97. The Morgan fingerprint density at radius 3 is 2.67 bits per heavy atom. The highest BCUT2D eigenvalue weighted by Gasteiger charge is 1.96. The average Bonchev–Trinajstić information content (AvgIpc) is 2.40. The molecule has 0 fully saturated rings. The van der Waals surface area contributed by atoms with Gasteiger partial charge in [-0.1, -0.05) is 28.1 Å². The minimum atomic E-state index is 0.676. The molecular weight excluding hydrogens is 290 g/mol. The highest BCUT2D eigenvalue weighted by molar-refractivity contribution is 9.10. The maximum atomic E-state index is 5.66. The molecule has 2 rings (SSSR count). The molecular formula is C15H16BrNO. The first-order valence-corrected chi connectivity index (χ1v) is 6.85. The van der Waals surface area contributed by atoms with Gasteiger partial charge in [-0.3, -0.25) is 4.98 Å². The third-order valence-corrected chi connectivity index (χ3v) is 3.15. The molecule has 0 aliphatic carbocycles. The maximum absolute atomic E-state index is 5.66. The molecule has 0 aliphatic heterocycles. The smallest absolute Gasteiger partial charge is 0.0717 e. The number of ether oxygens (including phenoxy) is 1. The minimum Gasteiger partial charge on any atom is -0.377 e. The van der Waals surface area contributed by atoms with E-state index in [0.717, 1.165) is 23.9 Å². The Labute approximate surface area is 116 Å². The summed E-state index contributed by atoms with van der Waals surface area (Å²) in [5, 5.41) is 0. The number of benzene rings is 1. The van der Waals surface area contributed by atoms with Crippen molar-refractivity contribution in [1.29, 1.82) is 0 Å². The standard InChI is InChI=1S/C15H16BrNO/c16-15-5-1-3-14(11-15)12-18-10-2-4-13-6-8-17-9-7-13/h1,3,5-9,11H,2,4,10,12H2. The van der Waals surface area contributed by atoms with E-state index in [0.29, 0.717) is 6.61 Å². The number of nitrogens with zero attached hydrogens (tertiary/aromatic N) is 1. The number of hydrogen-bond acceptors (Lipinski definition) is 2. The zero-order valence-corrected chi connectivity index (χ0v) is 11.8. The highest BCUT2D eigenvalue weighted by Crippen LogP contribution is 2.12. The van der Waals surface area contributed by atoms with E-state index < -0.39 is 0 Å². The van der Waals surface area contributed by atoms with Gasteiger partial charge >= 0.3 is 0 Å². The molecule has 2 nitrogen and oxygen atoms in total. The quantitative estimate of drug-likeness (QED) is 0.753. The number of halogens is 1. The summed E-state index contributed by atoms with van der Waals surface area (Å²) in [6.45, 7) is 1.46. The van der Waals surface area contributed by atoms with E-state index >= 15 is 0 Å². The van der Waals surface area contributed by atoms with E-state index in [1.165, 1.54) is 11.1 Å². The molecule has 0 N–H and O–H groups in total. The van der Waals surface area contributed by atoms with Gasteiger partial charge < -0.3 is 4.74 Å². The van der Waals surface area contributed by atoms with Gasteiger partial charge in [0.25, 0.3) is 0 Å². The van der Waals surface area contributed by atoms with Crippen LogP contribution in [0.25, 0.3) is 0 Å². The molecule has 3 heteroatoms. The van der Waals surface area contributed by atoms with Crippen LogP contribution >= 0.6 is 15.9 Å². The summed E-state index contributed by atoms with van der Waals surface area (Å²) >= 11 is 3.45. The van der Waals surface area contributed by atoms with Gasteiger partial charge in [0.15, 0.2) is 0 Å². The molecule has 2 aromatic rings. The third kappa shape index (κ3) is 4.59. The van der Waals surface area contributed by atoms with E-state index in [9.17, 15) is 0 Å². The molecule has 0 radical (unpaired) electrons. The summed E-state index contributed by atoms with van der Waals surface area (Å²) in [6, 6.07) is 12.3. The van der Waals surface area contributed by atoms with Gasteiger partial charge in [-0.25, -0.2) is 0 Å². The van der Waals surface area contributed by atoms with Crippen molar-refractivity contribution >= 4 is 15.9 Å². The summed E-state index contributed by atoms with van der Waals surface area (Å²) in [4.78, 5) is 4.00. The fraction of sp³-hybridized carbons (Fsp3) is 0.267. The molecule has 0 saturated carbocycles. The first-order valence-electron chi connectivity index (χ1n) is 6.06. The second kappa shape index (κ2) is 7.29. The highest BCUT2D eigenvalue weighted by atomic mass is 79.9. The zero-order chi connectivity index (χ0) is 12.6. The van der Waals surface area contributed by atoms with Gasteiger partial charge in [-0.15, -0.1) is 0 Å². The predicted octanol–water partition coefficient (Wildman–Crippen LogP) is 3.99. The van der Waals surface area contributed by atoms with Crippen LogP contribution in [0.4, 0.5) is 0 Å². The van der Waals surface area contributed by atoms with Crippen molar-refractivity contribution in [3.63, 3.8) is 0 Å². The van der Waals surface area contributed by atoms with Crippen LogP contribution in [-0.4, -0.2) is 11.6 Å². The monoisotopic (exact) mass is 305 g/mol. The van der Waals surface area contributed by atoms with Gasteiger partial charge in [0.05, 0.1) is 6.61 Å². The van der Waals surface area contributed by atoms with Gasteiger partial charge in [0.2, 0.25) is 0 Å². The van der Waals surface area contributed by atoms with Gasteiger partial charge in [-0.2, -0.15) is 0 Å². The van der Waals surface area contributed by atoms with Gasteiger partial charge in [0, 0.05) is 23.5 Å². The van der Waals surface area contributed by atoms with Crippen LogP contribution in [-0.2, 0) is 17.8 Å². The Balaban J connectivity index is 1.65. The zero-order valence-electron chi connectivity index (χ0n) is 10.2. The lowest BCUT2D eigenvalue weighted by Gasteiger charge is -2.05. The average molecular weight is 306 g/mol. The SMILES string of the molecule is Brc1cccc(COCCCc2ccncc2)c1. The summed E-state index contributed by atoms with van der Waals surface area (Å²) in [5.41, 5.74) is 2.52. The molecule has 94 valence electrons. The molecule has 1 aromatic heterocycles. The number of aryl methyl sites for hydroxylation is 1. The van der Waals surface area contributed by atoms with E-state index in [4.69, 9.17) is 4.74 Å². The molecule has 0 amide bonds. The molecule has 0 saturated heterocycles. The Morgan fingerprint density at radius 2 is 1.89 bits per heavy atom. The molecule has 0 spiro atoms. The molecule has 0 atom stereocenters. The largest absolute Gasteiger partial charge is 0.377 e. The lowest BCUT2D eigenvalue weighted by molar-refractivity contribution is 0.118. The Hall–Kier alpha value is -1.19. The summed E-state index contributed by atoms with van der Waals surface area (Å²) in [7, 11) is 0. The second-order valence-electron chi connectivity index (χ2n) is 4.14. The fourth-order valence-electron chi connectivity index (χ4n) is 1.74. The molecule has 1 aromatic carbocycles. The van der Waals surface area contributed by atoms with Crippen LogP contribution in [0.1, 0.15) is 17.5 Å². The Kier molecular flexibility index (Phi) is 5.36. The number of rotatable bonds is 6. The topological polar surface area (TPSA) is 22.1 Å². The predicted molar refractivity (Wildman–Crippen MR) is 76.4 cm³/mol. The van der Waals surface area contributed by atoms with E-state index in [1.807, 2.05) is 36.7 Å². The van der Waals surface area contributed by atoms with Crippen molar-refractivity contribution in [2.24, 2.45) is 0 Å². The van der Waals surface area contributed by atoms with Crippen molar-refractivity contribution < 1.29 is 4.74 Å². The molecule has 0 aliphatic rings. The van der Waals surface area contributed by atoms with Crippen LogP contribution in [0.5, 0.6) is 0 Å². The van der Waals surface area contributed by atoms with Gasteiger partial charge in [0.1, 0.15) is 0 Å². The number of hydrogen-bond donors (Lipinski definition) is 0. The molecule has 0 bridgehead atoms. The molecule has 1 heterocycles. The third-order valence-electron chi connectivity index (χ3n) is 2.66. The lowest BCUT2D eigenvalue weighted by atomic mass is 10.1. The van der Waals surface area contributed by atoms with E-state index in [1.54, 1.807) is 0 Å². The number of pyridine rings is 1. The van der Waals surface area contributed by atoms with Crippen molar-refractivity contribution in [3.05, 3.63) is 64.4 Å². The van der Waals surface area contributed by atoms with Crippen molar-refractivity contribution in [2.45, 2.75) is 19.4 Å². The normalized spacial score (nSPS) is 10.5. The first-order chi connectivity index (χ1) is 8.84. The van der Waals surface area contributed by atoms with Crippen LogP contribution < -0.4 is 0 Å². The summed E-state index contributed by atoms with van der Waals surface area (Å²) < 4.78 is 6.76. The van der Waals surface area contributed by atoms with Crippen LogP contribution in [0, 0.1) is 0 Å². The Bertz CT molecular complexity index is 473. The van der Waals surface area contributed by atoms with Crippen LogP contribution in [0.15, 0.2) is 53.3 Å². The summed E-state index contributed by atoms with van der Waals surface area (Å²) in [5.74, 6) is 0. The van der Waals surface area contributed by atoms with E-state index in [-0.39, 0.29) is 0 Å². The number of aromatic nitrogens is 1. The van der Waals surface area contributed by atoms with Crippen molar-refractivity contribution in [1.82, 2.24) is 4.98 Å². The Morgan fingerprint density at radius 1 is 1.06 bits per heavy atom. The summed E-state index contributed by atoms with van der Waals surface area (Å²) in [6.07, 6.45) is 5.74. The van der Waals surface area contributed by atoms with Gasteiger partial charge in [-0.05, 0) is 48.2 Å². The van der Waals surface area contributed by atoms with Crippen LogP contribution in [0.3, 0.4) is 0 Å². The minimum absolute atomic E-state index is 0.676. The maximum Gasteiger partial charge on any atom is 0.0717 e. The van der Waals surface area contributed by atoms with Crippen molar-refractivity contribution in [2.75, 3.05) is 6.61 Å². The van der Waals surface area contributed by atoms with E-state index in [2.05, 4.69) is 33.0 Å². The van der Waals surface area contributed by atoms with Crippen LogP contribution in [0.2, 0.25) is 0 Å². The fourth-order valence-corrected chi connectivity index (χ4v) is 2.19. The first kappa shape index (κ1) is 13.2.